The van der Waals surface area contributed by atoms with Crippen molar-refractivity contribution in [2.45, 2.75) is 6.54 Å². The molecular weight excluding hydrogens is 486 g/mol. The van der Waals surface area contributed by atoms with Gasteiger partial charge in [0.15, 0.2) is 11.5 Å². The fourth-order valence-electron chi connectivity index (χ4n) is 3.85. The van der Waals surface area contributed by atoms with Crippen LogP contribution in [0.25, 0.3) is 23.0 Å². The molecule has 10 heteroatoms. The van der Waals surface area contributed by atoms with Gasteiger partial charge in [-0.1, -0.05) is 23.4 Å². The van der Waals surface area contributed by atoms with E-state index >= 15 is 0 Å². The minimum atomic E-state index is -0.206. The van der Waals surface area contributed by atoms with Crippen molar-refractivity contribution in [3.63, 3.8) is 0 Å². The Labute approximate surface area is 218 Å². The molecule has 5 aromatic rings. The number of amides is 1. The standard InChI is InChI=1S/C28H25N5O5/c1-35-22-6-4-5-20(13-22)27(34)30-21-10-7-18(8-11-21)15-33-16-23(29-17-33)28-31-26(32-38-28)19-9-12-24(36-2)25(14-19)37-3/h4-14,16-17H,15H2,1-3H3,(H,30,34). The van der Waals surface area contributed by atoms with Gasteiger partial charge in [-0.2, -0.15) is 4.98 Å². The first-order valence-electron chi connectivity index (χ1n) is 11.7. The van der Waals surface area contributed by atoms with Crippen LogP contribution in [-0.4, -0.2) is 46.9 Å². The van der Waals surface area contributed by atoms with Crippen LogP contribution in [-0.2, 0) is 6.54 Å². The Bertz CT molecular complexity index is 1560. The van der Waals surface area contributed by atoms with Gasteiger partial charge in [-0.3, -0.25) is 4.79 Å². The van der Waals surface area contributed by atoms with Crippen molar-refractivity contribution in [1.82, 2.24) is 19.7 Å². The van der Waals surface area contributed by atoms with E-state index in [2.05, 4.69) is 20.4 Å². The van der Waals surface area contributed by atoms with E-state index in [1.54, 1.807) is 64.1 Å². The van der Waals surface area contributed by atoms with Crippen molar-refractivity contribution in [2.75, 3.05) is 26.6 Å². The van der Waals surface area contributed by atoms with Gasteiger partial charge in [-0.25, -0.2) is 4.98 Å². The number of hydrogen-bond acceptors (Lipinski definition) is 8. The average molecular weight is 512 g/mol. The van der Waals surface area contributed by atoms with Gasteiger partial charge >= 0.3 is 0 Å². The van der Waals surface area contributed by atoms with Gasteiger partial charge < -0.3 is 28.6 Å². The van der Waals surface area contributed by atoms with E-state index in [4.69, 9.17) is 18.7 Å². The zero-order chi connectivity index (χ0) is 26.5. The van der Waals surface area contributed by atoms with Gasteiger partial charge in [-0.05, 0) is 54.1 Å². The van der Waals surface area contributed by atoms with E-state index in [9.17, 15) is 4.79 Å². The van der Waals surface area contributed by atoms with Gasteiger partial charge in [-0.15, -0.1) is 0 Å². The van der Waals surface area contributed by atoms with Crippen molar-refractivity contribution in [3.8, 4) is 40.2 Å². The van der Waals surface area contributed by atoms with E-state index in [1.165, 1.54) is 0 Å². The second kappa shape index (κ2) is 10.9. The van der Waals surface area contributed by atoms with Crippen LogP contribution < -0.4 is 19.5 Å². The molecule has 0 spiro atoms. The Kier molecular flexibility index (Phi) is 7.03. The highest BCUT2D eigenvalue weighted by molar-refractivity contribution is 6.04. The predicted molar refractivity (Wildman–Crippen MR) is 141 cm³/mol. The van der Waals surface area contributed by atoms with E-state index in [-0.39, 0.29) is 5.91 Å². The highest BCUT2D eigenvalue weighted by Crippen LogP contribution is 2.32. The molecule has 38 heavy (non-hydrogen) atoms. The largest absolute Gasteiger partial charge is 0.497 e. The maximum absolute atomic E-state index is 12.5. The summed E-state index contributed by atoms with van der Waals surface area (Å²) in [4.78, 5) is 21.4. The molecule has 0 aliphatic rings. The third-order valence-corrected chi connectivity index (χ3v) is 5.83. The number of nitrogens with zero attached hydrogens (tertiary/aromatic N) is 4. The Hall–Kier alpha value is -5.12. The van der Waals surface area contributed by atoms with Crippen LogP contribution in [0.15, 0.2) is 83.8 Å². The van der Waals surface area contributed by atoms with Gasteiger partial charge in [0.25, 0.3) is 11.8 Å². The number of ether oxygens (including phenoxy) is 3. The molecule has 3 aromatic carbocycles. The van der Waals surface area contributed by atoms with Crippen LogP contribution in [0.2, 0.25) is 0 Å². The number of carbonyl (C=O) groups excluding carboxylic acids is 1. The quantitative estimate of drug-likeness (QED) is 0.296. The fraction of sp³-hybridized carbons (Fsp3) is 0.143. The molecule has 192 valence electrons. The average Bonchev–Trinajstić information content (AvgIpc) is 3.64. The van der Waals surface area contributed by atoms with Crippen LogP contribution in [0.4, 0.5) is 5.69 Å². The normalized spacial score (nSPS) is 10.7. The Morgan fingerprint density at radius 1 is 0.947 bits per heavy atom. The zero-order valence-electron chi connectivity index (χ0n) is 21.0. The third-order valence-electron chi connectivity index (χ3n) is 5.83. The highest BCUT2D eigenvalue weighted by Gasteiger charge is 2.15. The summed E-state index contributed by atoms with van der Waals surface area (Å²) in [5.41, 5.74) is 3.54. The van der Waals surface area contributed by atoms with Crippen molar-refractivity contribution >= 4 is 11.6 Å². The Morgan fingerprint density at radius 2 is 1.76 bits per heavy atom. The number of anilines is 1. The number of rotatable bonds is 9. The first kappa shape index (κ1) is 24.6. The molecule has 0 fully saturated rings. The summed E-state index contributed by atoms with van der Waals surface area (Å²) < 4.78 is 23.2. The molecule has 1 N–H and O–H groups in total. The molecule has 0 saturated carbocycles. The molecule has 2 heterocycles. The molecular formula is C28H25N5O5. The van der Waals surface area contributed by atoms with Crippen LogP contribution >= 0.6 is 0 Å². The summed E-state index contributed by atoms with van der Waals surface area (Å²) in [6, 6.07) is 20.0. The lowest BCUT2D eigenvalue weighted by molar-refractivity contribution is 0.102. The van der Waals surface area contributed by atoms with Gasteiger partial charge in [0, 0.05) is 29.6 Å². The van der Waals surface area contributed by atoms with E-state index in [0.717, 1.165) is 11.1 Å². The summed E-state index contributed by atoms with van der Waals surface area (Å²) in [5, 5.41) is 6.98. The first-order valence-corrected chi connectivity index (χ1v) is 11.7. The van der Waals surface area contributed by atoms with E-state index in [0.29, 0.717) is 52.5 Å². The van der Waals surface area contributed by atoms with E-state index < -0.39 is 0 Å². The summed E-state index contributed by atoms with van der Waals surface area (Å²) in [5.74, 6) is 2.34. The monoisotopic (exact) mass is 511 g/mol. The van der Waals surface area contributed by atoms with Gasteiger partial charge in [0.1, 0.15) is 11.4 Å². The minimum Gasteiger partial charge on any atom is -0.497 e. The van der Waals surface area contributed by atoms with Gasteiger partial charge in [0.05, 0.1) is 27.7 Å². The molecule has 1 amide bonds. The number of carbonyl (C=O) groups is 1. The second-order valence-corrected chi connectivity index (χ2v) is 8.31. The molecule has 2 aromatic heterocycles. The Morgan fingerprint density at radius 3 is 2.53 bits per heavy atom. The zero-order valence-corrected chi connectivity index (χ0v) is 21.0. The fourth-order valence-corrected chi connectivity index (χ4v) is 3.85. The number of hydrogen-bond donors (Lipinski definition) is 1. The number of imidazole rings is 1. The van der Waals surface area contributed by atoms with E-state index in [1.807, 2.05) is 41.1 Å². The second-order valence-electron chi connectivity index (χ2n) is 8.31. The number of methoxy groups -OCH3 is 3. The summed E-state index contributed by atoms with van der Waals surface area (Å²) in [7, 11) is 4.72. The molecule has 0 aliphatic carbocycles. The maximum Gasteiger partial charge on any atom is 0.278 e. The summed E-state index contributed by atoms with van der Waals surface area (Å²) in [6.45, 7) is 0.577. The lowest BCUT2D eigenvalue weighted by Gasteiger charge is -2.08. The summed E-state index contributed by atoms with van der Waals surface area (Å²) in [6.07, 6.45) is 3.54. The summed E-state index contributed by atoms with van der Waals surface area (Å²) >= 11 is 0. The third kappa shape index (κ3) is 5.34. The van der Waals surface area contributed by atoms with Crippen LogP contribution in [0.1, 0.15) is 15.9 Å². The predicted octanol–water partition coefficient (Wildman–Crippen LogP) is 4.93. The number of nitrogens with one attached hydrogen (secondary N) is 1. The van der Waals surface area contributed by atoms with Gasteiger partial charge in [0.2, 0.25) is 5.82 Å². The minimum absolute atomic E-state index is 0.206. The lowest BCUT2D eigenvalue weighted by Crippen LogP contribution is -2.11. The molecule has 10 nitrogen and oxygen atoms in total. The number of benzene rings is 3. The molecule has 0 bridgehead atoms. The lowest BCUT2D eigenvalue weighted by atomic mass is 10.1. The molecule has 0 unspecified atom stereocenters. The van der Waals surface area contributed by atoms with Crippen molar-refractivity contribution in [3.05, 3.63) is 90.4 Å². The molecule has 0 atom stereocenters. The van der Waals surface area contributed by atoms with Crippen LogP contribution in [0.3, 0.4) is 0 Å². The van der Waals surface area contributed by atoms with Crippen molar-refractivity contribution in [1.29, 1.82) is 0 Å². The van der Waals surface area contributed by atoms with Crippen molar-refractivity contribution < 1.29 is 23.5 Å². The van der Waals surface area contributed by atoms with Crippen LogP contribution in [0.5, 0.6) is 17.2 Å². The number of aromatic nitrogens is 4. The Balaban J connectivity index is 1.23. The van der Waals surface area contributed by atoms with Crippen molar-refractivity contribution in [2.24, 2.45) is 0 Å². The highest BCUT2D eigenvalue weighted by atomic mass is 16.5. The van der Waals surface area contributed by atoms with Crippen LogP contribution in [0, 0.1) is 0 Å². The SMILES string of the molecule is COc1cccc(C(=O)Nc2ccc(Cn3cnc(-c4nc(-c5ccc(OC)c(OC)c5)no4)c3)cc2)c1. The molecule has 0 radical (unpaired) electrons. The smallest absolute Gasteiger partial charge is 0.278 e. The molecule has 0 aliphatic heterocycles. The maximum atomic E-state index is 12.5. The topological polar surface area (TPSA) is 114 Å². The first-order chi connectivity index (χ1) is 18.6. The molecule has 0 saturated heterocycles. The molecule has 5 rings (SSSR count).